The van der Waals surface area contributed by atoms with Crippen molar-refractivity contribution in [2.24, 2.45) is 0 Å². The van der Waals surface area contributed by atoms with Gasteiger partial charge in [-0.1, -0.05) is 36.6 Å². The van der Waals surface area contributed by atoms with Gasteiger partial charge in [-0.15, -0.1) is 0 Å². The molecule has 183 valence electrons. The van der Waals surface area contributed by atoms with Crippen LogP contribution in [0.5, 0.6) is 0 Å². The number of ether oxygens (including phenoxy) is 4. The Labute approximate surface area is 223 Å². The molecule has 4 rings (SSSR count). The molecule has 3 aliphatic rings. The second-order valence-electron chi connectivity index (χ2n) is 7.29. The Morgan fingerprint density at radius 3 is 2.03 bits per heavy atom. The number of hydrogen-bond donors (Lipinski definition) is 0. The van der Waals surface area contributed by atoms with Crippen LogP contribution >= 0.6 is 0 Å². The zero-order valence-electron chi connectivity index (χ0n) is 19.7. The van der Waals surface area contributed by atoms with Crippen molar-refractivity contribution in [1.29, 1.82) is 0 Å². The summed E-state index contributed by atoms with van der Waals surface area (Å²) in [4.78, 5) is 0. The van der Waals surface area contributed by atoms with Crippen molar-refractivity contribution in [1.82, 2.24) is 0 Å². The first-order valence-electron chi connectivity index (χ1n) is 10.2. The van der Waals surface area contributed by atoms with Crippen LogP contribution in [-0.2, 0) is 60.6 Å². The molecule has 1 aromatic carbocycles. The number of hydrogen-bond acceptors (Lipinski definition) is 4. The Hall–Kier alpha value is -1.71. The molecule has 5 radical (unpaired) electrons. The van der Waals surface area contributed by atoms with E-state index in [9.17, 15) is 0 Å². The van der Waals surface area contributed by atoms with Crippen LogP contribution < -0.4 is 0 Å². The van der Waals surface area contributed by atoms with Crippen LogP contribution in [0.1, 0.15) is 25.8 Å². The molecular formula is C27H28O7W+. The minimum absolute atomic E-state index is 0. The molecular weight excluding hydrogens is 620 g/mol. The van der Waals surface area contributed by atoms with Crippen molar-refractivity contribution >= 4 is 0 Å². The Bertz CT molecular complexity index is 745. The van der Waals surface area contributed by atoms with Crippen LogP contribution in [0.4, 0.5) is 0 Å². The summed E-state index contributed by atoms with van der Waals surface area (Å²) in [7, 11) is 0. The molecule has 1 saturated heterocycles. The molecule has 0 N–H and O–H groups in total. The fourth-order valence-corrected chi connectivity index (χ4v) is 3.25. The molecule has 0 amide bonds. The standard InChI is InChI=1S/C19H23O4.C5H5.3CO.W/c1-4-14-10-16(21-12-14)18-17(22-19(2,3)23-18)13-20-11-15-8-6-5-7-9-15;1-2-4-5-3-1;3*1-2;/h4-9,16-18H,1,10-11,13H2,2-3H3;1-5H;;;;/q-1;;;;;+2/t16-,17-,18-;;;;;/m0...../s1. The maximum atomic E-state index is 7.50. The maximum absolute atomic E-state index is 7.50. The summed E-state index contributed by atoms with van der Waals surface area (Å²) in [5.74, 6) is -0.633. The predicted molar refractivity (Wildman–Crippen MR) is 120 cm³/mol. The van der Waals surface area contributed by atoms with Crippen LogP contribution in [0.25, 0.3) is 0 Å². The molecule has 2 fully saturated rings. The van der Waals surface area contributed by atoms with Gasteiger partial charge >= 0.3 is 55.0 Å². The van der Waals surface area contributed by atoms with E-state index in [2.05, 4.69) is 32.8 Å². The minimum atomic E-state index is -0.633. The van der Waals surface area contributed by atoms with Gasteiger partial charge in [0.2, 0.25) is 0 Å². The third-order valence-electron chi connectivity index (χ3n) is 4.55. The van der Waals surface area contributed by atoms with Crippen molar-refractivity contribution in [3.63, 3.8) is 0 Å². The molecule has 1 aromatic rings. The zero-order chi connectivity index (χ0) is 25.8. The Morgan fingerprint density at radius 2 is 1.54 bits per heavy atom. The van der Waals surface area contributed by atoms with Gasteiger partial charge in [-0.25, -0.2) is 6.08 Å². The summed E-state index contributed by atoms with van der Waals surface area (Å²) in [6, 6.07) is 10.1. The normalized spacial score (nSPS) is 22.7. The minimum Gasteiger partial charge on any atom is -0.0312 e. The van der Waals surface area contributed by atoms with E-state index in [0.29, 0.717) is 13.2 Å². The summed E-state index contributed by atoms with van der Waals surface area (Å²) in [6.07, 6.45) is 15.0. The zero-order valence-corrected chi connectivity index (χ0v) is 22.6. The molecule has 8 heteroatoms. The summed E-state index contributed by atoms with van der Waals surface area (Å²) in [6.45, 7) is 22.1. The molecule has 2 heterocycles. The van der Waals surface area contributed by atoms with Gasteiger partial charge in [-0.05, 0) is 57.9 Å². The first-order chi connectivity index (χ1) is 16.6. The molecule has 0 spiro atoms. The average Bonchev–Trinajstić information content (AvgIpc) is 3.66. The third-order valence-corrected chi connectivity index (χ3v) is 4.55. The quantitative estimate of drug-likeness (QED) is 0.340. The van der Waals surface area contributed by atoms with Crippen LogP contribution in [0, 0.1) is 58.3 Å². The van der Waals surface area contributed by atoms with Gasteiger partial charge in [0.1, 0.15) is 18.3 Å². The molecule has 7 nitrogen and oxygen atoms in total. The van der Waals surface area contributed by atoms with E-state index in [4.69, 9.17) is 32.9 Å². The van der Waals surface area contributed by atoms with Crippen LogP contribution in [0.15, 0.2) is 48.6 Å². The smallest absolute Gasteiger partial charge is 0.0312 e. The Morgan fingerprint density at radius 1 is 1.00 bits per heavy atom. The van der Waals surface area contributed by atoms with E-state index in [0.717, 1.165) is 17.6 Å². The SMILES string of the molecule is C=CC1=[C-]O[C@H]([C@@H]2OC(C)(C)O[C@H]2COCc2ccccc2)C1.[C-]#[O+].[C-]#[O+].[C-]#[O+].[CH]1[CH][CH][CH][CH]1.[W+2]. The van der Waals surface area contributed by atoms with E-state index in [1.54, 1.807) is 6.08 Å². The van der Waals surface area contributed by atoms with Crippen molar-refractivity contribution in [2.45, 2.75) is 51.0 Å². The summed E-state index contributed by atoms with van der Waals surface area (Å²) >= 11 is 0. The van der Waals surface area contributed by atoms with Crippen LogP contribution in [0.3, 0.4) is 0 Å². The first-order valence-corrected chi connectivity index (χ1v) is 10.2. The molecule has 0 aromatic heterocycles. The van der Waals surface area contributed by atoms with Gasteiger partial charge in [-0.2, -0.15) is 12.2 Å². The summed E-state index contributed by atoms with van der Waals surface area (Å²) < 4.78 is 46.0. The van der Waals surface area contributed by atoms with E-state index < -0.39 is 5.79 Å². The van der Waals surface area contributed by atoms with Gasteiger partial charge in [0.25, 0.3) is 0 Å². The van der Waals surface area contributed by atoms with Crippen molar-refractivity contribution in [2.75, 3.05) is 6.61 Å². The Kier molecular flexibility index (Phi) is 21.8. The van der Waals surface area contributed by atoms with Crippen molar-refractivity contribution in [3.05, 3.63) is 112 Å². The molecule has 0 unspecified atom stereocenters. The van der Waals surface area contributed by atoms with Gasteiger partial charge in [0.15, 0.2) is 5.79 Å². The van der Waals surface area contributed by atoms with Gasteiger partial charge in [-0.3, -0.25) is 0 Å². The van der Waals surface area contributed by atoms with E-state index >= 15 is 0 Å². The predicted octanol–water partition coefficient (Wildman–Crippen LogP) is 4.29. The van der Waals surface area contributed by atoms with E-state index in [1.807, 2.05) is 76.3 Å². The summed E-state index contributed by atoms with van der Waals surface area (Å²) in [5, 5.41) is 0. The maximum Gasteiger partial charge on any atom is 2.00 e. The average molecular weight is 648 g/mol. The van der Waals surface area contributed by atoms with E-state index in [-0.39, 0.29) is 39.4 Å². The number of rotatable bonds is 6. The molecule has 0 bridgehead atoms. The van der Waals surface area contributed by atoms with Crippen LogP contribution in [0.2, 0.25) is 0 Å². The first kappa shape index (κ1) is 35.5. The molecule has 35 heavy (non-hydrogen) atoms. The second kappa shape index (κ2) is 21.6. The topological polar surface area (TPSA) is 96.6 Å². The van der Waals surface area contributed by atoms with Crippen LogP contribution in [-0.4, -0.2) is 30.7 Å². The van der Waals surface area contributed by atoms with Gasteiger partial charge < -0.3 is 18.9 Å². The fourth-order valence-electron chi connectivity index (χ4n) is 3.25. The van der Waals surface area contributed by atoms with Gasteiger partial charge in [0, 0.05) is 0 Å². The Balaban J connectivity index is 0. The molecule has 1 saturated carbocycles. The van der Waals surface area contributed by atoms with E-state index in [1.165, 1.54) is 0 Å². The number of allylic oxidation sites excluding steroid dienone is 1. The molecule has 1 aliphatic carbocycles. The number of benzene rings is 1. The monoisotopic (exact) mass is 648 g/mol. The largest absolute Gasteiger partial charge is 2.00 e. The molecule has 2 aliphatic heterocycles. The van der Waals surface area contributed by atoms with Crippen molar-refractivity contribution in [3.8, 4) is 0 Å². The fraction of sp³-hybridized carbons (Fsp3) is 0.333. The van der Waals surface area contributed by atoms with Crippen molar-refractivity contribution < 1.29 is 54.0 Å². The molecule has 3 atom stereocenters. The van der Waals surface area contributed by atoms with Gasteiger partial charge in [0.05, 0.1) is 13.2 Å². The second-order valence-corrected chi connectivity index (χ2v) is 7.29. The summed E-state index contributed by atoms with van der Waals surface area (Å²) in [5.41, 5.74) is 2.11. The third kappa shape index (κ3) is 13.8.